The molecule has 3 aromatic rings. The molecule has 4 N–H and O–H groups in total. The molecule has 0 aromatic heterocycles. The van der Waals surface area contributed by atoms with E-state index in [4.69, 9.17) is 4.74 Å². The Morgan fingerprint density at radius 3 is 2.12 bits per heavy atom. The van der Waals surface area contributed by atoms with Crippen LogP contribution in [0, 0.1) is 0 Å². The van der Waals surface area contributed by atoms with E-state index in [1.54, 1.807) is 18.2 Å². The van der Waals surface area contributed by atoms with Crippen molar-refractivity contribution in [2.45, 2.75) is 44.3 Å². The van der Waals surface area contributed by atoms with E-state index < -0.39 is 18.3 Å². The van der Waals surface area contributed by atoms with E-state index in [2.05, 4.69) is 17.4 Å². The van der Waals surface area contributed by atoms with Crippen molar-refractivity contribution in [3.63, 3.8) is 0 Å². The zero-order valence-electron chi connectivity index (χ0n) is 19.7. The van der Waals surface area contributed by atoms with Crippen molar-refractivity contribution in [1.82, 2.24) is 5.32 Å². The Hall–Kier alpha value is -3.35. The Morgan fingerprint density at radius 1 is 0.941 bits per heavy atom. The van der Waals surface area contributed by atoms with Crippen LogP contribution >= 0.6 is 0 Å². The molecule has 6 heteroatoms. The number of nitrogens with one attached hydrogen (secondary N) is 1. The lowest BCUT2D eigenvalue weighted by Crippen LogP contribution is -2.36. The van der Waals surface area contributed by atoms with Crippen molar-refractivity contribution >= 4 is 6.09 Å². The van der Waals surface area contributed by atoms with Gasteiger partial charge in [-0.05, 0) is 33.2 Å². The van der Waals surface area contributed by atoms with Crippen LogP contribution in [0.2, 0.25) is 0 Å². The summed E-state index contributed by atoms with van der Waals surface area (Å²) >= 11 is 0. The summed E-state index contributed by atoms with van der Waals surface area (Å²) in [6, 6.07) is 21.2. The van der Waals surface area contributed by atoms with Gasteiger partial charge in [-0.15, -0.1) is 0 Å². The van der Waals surface area contributed by atoms with E-state index in [9.17, 15) is 20.1 Å². The molecule has 3 aromatic carbocycles. The third-order valence-electron chi connectivity index (χ3n) is 6.36. The number of fused-ring (bicyclic) bond motifs is 3. The first kappa shape index (κ1) is 23.8. The number of hydrogen-bond acceptors (Lipinski definition) is 5. The second-order valence-electron chi connectivity index (χ2n) is 9.71. The molecule has 1 aliphatic carbocycles. The largest absolute Gasteiger partial charge is 0.507 e. The molecule has 0 saturated heterocycles. The normalized spacial score (nSPS) is 14.7. The maximum absolute atomic E-state index is 12.4. The summed E-state index contributed by atoms with van der Waals surface area (Å²) < 4.78 is 5.47. The van der Waals surface area contributed by atoms with Crippen LogP contribution in [0.3, 0.4) is 0 Å². The molecule has 6 nitrogen and oxygen atoms in total. The van der Waals surface area contributed by atoms with Crippen LogP contribution in [0.1, 0.15) is 55.0 Å². The number of benzene rings is 3. The summed E-state index contributed by atoms with van der Waals surface area (Å²) in [5, 5.41) is 34.2. The number of aliphatic hydroxyl groups is 2. The summed E-state index contributed by atoms with van der Waals surface area (Å²) in [4.78, 5) is 12.4. The van der Waals surface area contributed by atoms with Crippen molar-refractivity contribution in [3.05, 3.63) is 89.0 Å². The highest BCUT2D eigenvalue weighted by Crippen LogP contribution is 2.44. The van der Waals surface area contributed by atoms with Gasteiger partial charge in [0.1, 0.15) is 24.6 Å². The second kappa shape index (κ2) is 9.49. The smallest absolute Gasteiger partial charge is 0.407 e. The fourth-order valence-electron chi connectivity index (χ4n) is 4.56. The van der Waals surface area contributed by atoms with Gasteiger partial charge in [0, 0.05) is 18.0 Å². The van der Waals surface area contributed by atoms with Crippen LogP contribution in [-0.2, 0) is 10.2 Å². The Bertz CT molecular complexity index is 1140. The van der Waals surface area contributed by atoms with Crippen LogP contribution in [0.15, 0.2) is 66.7 Å². The van der Waals surface area contributed by atoms with E-state index in [-0.39, 0.29) is 35.8 Å². The van der Waals surface area contributed by atoms with Gasteiger partial charge in [0.2, 0.25) is 0 Å². The average molecular weight is 462 g/mol. The minimum atomic E-state index is -1.36. The Kier molecular flexibility index (Phi) is 6.64. The number of aliphatic hydroxyl groups excluding tert-OH is 2. The Labute approximate surface area is 199 Å². The Balaban J connectivity index is 1.36. The molecule has 1 amide bonds. The first-order valence-corrected chi connectivity index (χ1v) is 11.5. The van der Waals surface area contributed by atoms with Crippen molar-refractivity contribution in [2.75, 3.05) is 13.2 Å². The molecule has 0 radical (unpaired) electrons. The quantitative estimate of drug-likeness (QED) is 0.429. The molecule has 1 aliphatic rings. The van der Waals surface area contributed by atoms with Crippen molar-refractivity contribution in [3.8, 4) is 16.9 Å². The number of aromatic hydroxyl groups is 1. The number of alkyl carbamates (subject to hydrolysis) is 1. The second-order valence-corrected chi connectivity index (χ2v) is 9.71. The van der Waals surface area contributed by atoms with E-state index in [0.717, 1.165) is 22.3 Å². The van der Waals surface area contributed by atoms with Crippen LogP contribution in [0.5, 0.6) is 5.75 Å². The number of hydrogen-bond donors (Lipinski definition) is 4. The van der Waals surface area contributed by atoms with Gasteiger partial charge in [0.05, 0.1) is 0 Å². The molecule has 178 valence electrons. The fraction of sp³-hybridized carbons (Fsp3) is 0.321. The predicted molar refractivity (Wildman–Crippen MR) is 131 cm³/mol. The van der Waals surface area contributed by atoms with E-state index >= 15 is 0 Å². The molecule has 4 rings (SSSR count). The standard InChI is InChI=1S/C28H31NO5/c1-28(2,3)23-14-8-13-21(25(23)31)26(32)24(30)15-29-27(33)34-16-22-19-11-6-4-9-17(19)18-10-5-7-12-20(18)22/h4-14,22,24,26,30-32H,15-16H2,1-3H3,(H,29,33). The predicted octanol–water partition coefficient (Wildman–Crippen LogP) is 4.62. The topological polar surface area (TPSA) is 99.0 Å². The van der Waals surface area contributed by atoms with Crippen molar-refractivity contribution in [1.29, 1.82) is 0 Å². The first-order chi connectivity index (χ1) is 16.2. The van der Waals surface area contributed by atoms with Crippen molar-refractivity contribution in [2.24, 2.45) is 0 Å². The molecular formula is C28H31NO5. The van der Waals surface area contributed by atoms with Gasteiger partial charge in [-0.1, -0.05) is 87.5 Å². The third kappa shape index (κ3) is 4.65. The number of carbonyl (C=O) groups excluding carboxylic acids is 1. The van der Waals surface area contributed by atoms with Gasteiger partial charge < -0.3 is 25.4 Å². The van der Waals surface area contributed by atoms with Crippen LogP contribution < -0.4 is 5.32 Å². The highest BCUT2D eigenvalue weighted by Gasteiger charge is 2.30. The van der Waals surface area contributed by atoms with Crippen molar-refractivity contribution < 1.29 is 24.9 Å². The van der Waals surface area contributed by atoms with E-state index in [1.165, 1.54) is 0 Å². The summed E-state index contributed by atoms with van der Waals surface area (Å²) in [5.74, 6) is -0.117. The molecule has 0 saturated carbocycles. The van der Waals surface area contributed by atoms with Gasteiger partial charge >= 0.3 is 6.09 Å². The minimum absolute atomic E-state index is 0.0531. The number of amides is 1. The van der Waals surface area contributed by atoms with Gasteiger partial charge in [0.15, 0.2) is 0 Å². The summed E-state index contributed by atoms with van der Waals surface area (Å²) in [5.41, 5.74) is 5.06. The van der Waals surface area contributed by atoms with Gasteiger partial charge in [0.25, 0.3) is 0 Å². The third-order valence-corrected chi connectivity index (χ3v) is 6.36. The van der Waals surface area contributed by atoms with E-state index in [1.807, 2.05) is 57.2 Å². The summed E-state index contributed by atoms with van der Waals surface area (Å²) in [6.07, 6.45) is -3.36. The highest BCUT2D eigenvalue weighted by molar-refractivity contribution is 5.79. The molecule has 0 heterocycles. The zero-order valence-corrected chi connectivity index (χ0v) is 19.7. The maximum Gasteiger partial charge on any atom is 0.407 e. The zero-order chi connectivity index (χ0) is 24.5. The molecular weight excluding hydrogens is 430 g/mol. The maximum atomic E-state index is 12.4. The molecule has 0 bridgehead atoms. The highest BCUT2D eigenvalue weighted by atomic mass is 16.5. The minimum Gasteiger partial charge on any atom is -0.507 e. The summed E-state index contributed by atoms with van der Waals surface area (Å²) in [6.45, 7) is 5.79. The van der Waals surface area contributed by atoms with Gasteiger partial charge in [-0.2, -0.15) is 0 Å². The number of phenols is 1. The van der Waals surface area contributed by atoms with Gasteiger partial charge in [-0.25, -0.2) is 4.79 Å². The van der Waals surface area contributed by atoms with Crippen LogP contribution in [0.4, 0.5) is 4.79 Å². The number of phenolic OH excluding ortho intramolecular Hbond substituents is 1. The molecule has 2 atom stereocenters. The van der Waals surface area contributed by atoms with Crippen LogP contribution in [-0.4, -0.2) is 40.7 Å². The lowest BCUT2D eigenvalue weighted by Gasteiger charge is -2.25. The lowest BCUT2D eigenvalue weighted by molar-refractivity contribution is 0.0171. The Morgan fingerprint density at radius 2 is 1.53 bits per heavy atom. The average Bonchev–Trinajstić information content (AvgIpc) is 3.14. The SMILES string of the molecule is CC(C)(C)c1cccc(C(O)C(O)CNC(=O)OCC2c3ccccc3-c3ccccc32)c1O. The summed E-state index contributed by atoms with van der Waals surface area (Å²) in [7, 11) is 0. The molecule has 34 heavy (non-hydrogen) atoms. The number of para-hydroxylation sites is 1. The molecule has 2 unspecified atom stereocenters. The van der Waals surface area contributed by atoms with E-state index in [0.29, 0.717) is 5.56 Å². The number of carbonyl (C=O) groups is 1. The van der Waals surface area contributed by atoms with Crippen LogP contribution in [0.25, 0.3) is 11.1 Å². The first-order valence-electron chi connectivity index (χ1n) is 11.5. The monoisotopic (exact) mass is 461 g/mol. The molecule has 0 spiro atoms. The lowest BCUT2D eigenvalue weighted by atomic mass is 9.84. The number of ether oxygens (including phenoxy) is 1. The molecule has 0 fully saturated rings. The molecule has 0 aliphatic heterocycles. The fourth-order valence-corrected chi connectivity index (χ4v) is 4.56. The number of rotatable bonds is 6. The van der Waals surface area contributed by atoms with Gasteiger partial charge in [-0.3, -0.25) is 0 Å².